The molecule has 0 atom stereocenters. The van der Waals surface area contributed by atoms with Gasteiger partial charge < -0.3 is 9.64 Å². The van der Waals surface area contributed by atoms with E-state index in [0.717, 1.165) is 33.3 Å². The van der Waals surface area contributed by atoms with Crippen molar-refractivity contribution in [2.75, 3.05) is 22.9 Å². The lowest BCUT2D eigenvalue weighted by Crippen LogP contribution is -2.29. The molecule has 2 fully saturated rings. The van der Waals surface area contributed by atoms with Gasteiger partial charge in [0.2, 0.25) is 11.8 Å². The molecule has 7 nitrogen and oxygen atoms in total. The molecule has 2 saturated heterocycles. The van der Waals surface area contributed by atoms with Crippen LogP contribution >= 0.6 is 11.3 Å². The molecule has 0 bridgehead atoms. The predicted octanol–water partition coefficient (Wildman–Crippen LogP) is 4.16. The van der Waals surface area contributed by atoms with Crippen molar-refractivity contribution >= 4 is 50.2 Å². The zero-order valence-electron chi connectivity index (χ0n) is 16.9. The van der Waals surface area contributed by atoms with E-state index >= 15 is 0 Å². The Balaban J connectivity index is 1.35. The van der Waals surface area contributed by atoms with E-state index in [4.69, 9.17) is 9.72 Å². The van der Waals surface area contributed by atoms with Crippen LogP contribution in [0.5, 0.6) is 5.75 Å². The van der Waals surface area contributed by atoms with E-state index in [-0.39, 0.29) is 30.2 Å². The van der Waals surface area contributed by atoms with Crippen LogP contribution in [0.4, 0.5) is 10.8 Å². The predicted molar refractivity (Wildman–Crippen MR) is 119 cm³/mol. The molecule has 3 heterocycles. The lowest BCUT2D eigenvalue weighted by atomic mass is 10.1. The normalized spacial score (nSPS) is 16.9. The summed E-state index contributed by atoms with van der Waals surface area (Å²) in [6, 6.07) is 11.8. The van der Waals surface area contributed by atoms with Gasteiger partial charge in [-0.1, -0.05) is 17.4 Å². The number of imide groups is 1. The average molecular weight is 436 g/mol. The third-order valence-electron chi connectivity index (χ3n) is 5.58. The summed E-state index contributed by atoms with van der Waals surface area (Å²) in [7, 11) is 0. The number of nitrogens with zero attached hydrogens (tertiary/aromatic N) is 3. The number of esters is 1. The first-order chi connectivity index (χ1) is 15.1. The SMILES string of the molecule is O=C(Oc1ccc2nc(N3CCCCC3)sc2c1)c1cccc(N2C(=O)CCC2=O)c1. The van der Waals surface area contributed by atoms with E-state index in [0.29, 0.717) is 11.4 Å². The number of hydrogen-bond donors (Lipinski definition) is 0. The summed E-state index contributed by atoms with van der Waals surface area (Å²) in [6.45, 7) is 2.06. The van der Waals surface area contributed by atoms with Crippen molar-refractivity contribution in [3.05, 3.63) is 48.0 Å². The zero-order valence-corrected chi connectivity index (χ0v) is 17.7. The molecule has 158 valence electrons. The van der Waals surface area contributed by atoms with E-state index in [9.17, 15) is 14.4 Å². The summed E-state index contributed by atoms with van der Waals surface area (Å²) < 4.78 is 6.54. The van der Waals surface area contributed by atoms with Crippen molar-refractivity contribution in [1.82, 2.24) is 4.98 Å². The van der Waals surface area contributed by atoms with E-state index in [2.05, 4.69) is 4.90 Å². The monoisotopic (exact) mass is 435 g/mol. The van der Waals surface area contributed by atoms with Crippen molar-refractivity contribution in [3.63, 3.8) is 0 Å². The Kier molecular flexibility index (Phi) is 5.15. The number of carbonyl (C=O) groups excluding carboxylic acids is 3. The van der Waals surface area contributed by atoms with Gasteiger partial charge in [-0.25, -0.2) is 9.78 Å². The highest BCUT2D eigenvalue weighted by Gasteiger charge is 2.30. The number of amides is 2. The van der Waals surface area contributed by atoms with Crippen LogP contribution in [0.2, 0.25) is 0 Å². The first-order valence-corrected chi connectivity index (χ1v) is 11.2. The Hall–Kier alpha value is -3.26. The van der Waals surface area contributed by atoms with Gasteiger partial charge in [0.15, 0.2) is 5.13 Å². The Morgan fingerprint density at radius 3 is 2.52 bits per heavy atom. The molecule has 5 rings (SSSR count). The molecule has 1 aromatic heterocycles. The van der Waals surface area contributed by atoms with Gasteiger partial charge >= 0.3 is 5.97 Å². The number of thiazole rings is 1. The van der Waals surface area contributed by atoms with Gasteiger partial charge in [0.25, 0.3) is 0 Å². The molecule has 0 aliphatic carbocycles. The van der Waals surface area contributed by atoms with Crippen molar-refractivity contribution in [2.45, 2.75) is 32.1 Å². The largest absolute Gasteiger partial charge is 0.423 e. The smallest absolute Gasteiger partial charge is 0.343 e. The standard InChI is InChI=1S/C23H21N3O4S/c27-20-9-10-21(28)26(20)16-6-4-5-15(13-16)22(29)30-17-7-8-18-19(14-17)31-23(24-18)25-11-2-1-3-12-25/h4-8,13-14H,1-3,9-12H2. The Morgan fingerprint density at radius 2 is 1.74 bits per heavy atom. The molecule has 2 aliphatic heterocycles. The number of benzene rings is 2. The molecule has 8 heteroatoms. The van der Waals surface area contributed by atoms with E-state index < -0.39 is 5.97 Å². The number of piperidine rings is 1. The Labute approximate surface area is 183 Å². The first-order valence-electron chi connectivity index (χ1n) is 10.4. The maximum Gasteiger partial charge on any atom is 0.343 e. The zero-order chi connectivity index (χ0) is 21.4. The Morgan fingerprint density at radius 1 is 0.968 bits per heavy atom. The number of rotatable bonds is 4. The fraction of sp³-hybridized carbons (Fsp3) is 0.304. The molecular weight excluding hydrogens is 414 g/mol. The number of anilines is 2. The number of hydrogen-bond acceptors (Lipinski definition) is 7. The molecule has 31 heavy (non-hydrogen) atoms. The minimum Gasteiger partial charge on any atom is -0.423 e. The van der Waals surface area contributed by atoms with E-state index in [1.165, 1.54) is 25.3 Å². The van der Waals surface area contributed by atoms with Crippen molar-refractivity contribution in [2.24, 2.45) is 0 Å². The minimum absolute atomic E-state index is 0.196. The topological polar surface area (TPSA) is 79.8 Å². The molecule has 3 aromatic rings. The molecule has 0 spiro atoms. The van der Waals surface area contributed by atoms with Crippen LogP contribution in [0.3, 0.4) is 0 Å². The fourth-order valence-corrected chi connectivity index (χ4v) is 5.02. The summed E-state index contributed by atoms with van der Waals surface area (Å²) in [5, 5.41) is 1.01. The molecule has 2 amide bonds. The third-order valence-corrected chi connectivity index (χ3v) is 6.66. The Bertz CT molecular complexity index is 1170. The lowest BCUT2D eigenvalue weighted by Gasteiger charge is -2.25. The van der Waals surface area contributed by atoms with Crippen molar-refractivity contribution in [1.29, 1.82) is 0 Å². The second-order valence-corrected chi connectivity index (χ2v) is 8.75. The number of fused-ring (bicyclic) bond motifs is 1. The van der Waals surface area contributed by atoms with Gasteiger partial charge in [-0.2, -0.15) is 0 Å². The third kappa shape index (κ3) is 3.90. The lowest BCUT2D eigenvalue weighted by molar-refractivity contribution is -0.121. The molecule has 0 saturated carbocycles. The quantitative estimate of drug-likeness (QED) is 0.348. The van der Waals surface area contributed by atoms with Gasteiger partial charge in [0, 0.05) is 32.0 Å². The molecule has 0 N–H and O–H groups in total. The average Bonchev–Trinajstić information content (AvgIpc) is 3.37. The number of aromatic nitrogens is 1. The highest BCUT2D eigenvalue weighted by atomic mass is 32.1. The molecule has 0 radical (unpaired) electrons. The highest BCUT2D eigenvalue weighted by Crippen LogP contribution is 2.33. The van der Waals surface area contributed by atoms with Crippen molar-refractivity contribution < 1.29 is 19.1 Å². The minimum atomic E-state index is -0.541. The van der Waals surface area contributed by atoms with Gasteiger partial charge in [-0.05, 0) is 49.6 Å². The van der Waals surface area contributed by atoms with E-state index in [1.54, 1.807) is 35.6 Å². The fourth-order valence-electron chi connectivity index (χ4n) is 3.98. The number of ether oxygens (including phenoxy) is 1. The molecular formula is C23H21N3O4S. The van der Waals surface area contributed by atoms with E-state index in [1.807, 2.05) is 12.1 Å². The van der Waals surface area contributed by atoms with Crippen LogP contribution in [-0.2, 0) is 9.59 Å². The summed E-state index contributed by atoms with van der Waals surface area (Å²) in [5.74, 6) is -0.613. The maximum absolute atomic E-state index is 12.7. The van der Waals surface area contributed by atoms with Crippen molar-refractivity contribution in [3.8, 4) is 5.75 Å². The van der Waals surface area contributed by atoms with Gasteiger partial charge in [0.1, 0.15) is 5.75 Å². The highest BCUT2D eigenvalue weighted by molar-refractivity contribution is 7.22. The summed E-state index contributed by atoms with van der Waals surface area (Å²) in [5.41, 5.74) is 1.56. The number of carbonyl (C=O) groups is 3. The maximum atomic E-state index is 12.7. The van der Waals surface area contributed by atoms with Crippen LogP contribution < -0.4 is 14.5 Å². The molecule has 0 unspecified atom stereocenters. The van der Waals surface area contributed by atoms with Crippen LogP contribution in [0.15, 0.2) is 42.5 Å². The van der Waals surface area contributed by atoms with Crippen LogP contribution in [0, 0.1) is 0 Å². The molecule has 2 aliphatic rings. The summed E-state index contributed by atoms with van der Waals surface area (Å²) in [4.78, 5) is 44.8. The van der Waals surface area contributed by atoms with Gasteiger partial charge in [0.05, 0.1) is 21.5 Å². The second kappa shape index (κ2) is 8.11. The van der Waals surface area contributed by atoms with Gasteiger partial charge in [-0.3, -0.25) is 14.5 Å². The summed E-state index contributed by atoms with van der Waals surface area (Å²) in [6.07, 6.45) is 4.03. The van der Waals surface area contributed by atoms with Gasteiger partial charge in [-0.15, -0.1) is 0 Å². The molecule has 2 aromatic carbocycles. The van der Waals surface area contributed by atoms with Crippen LogP contribution in [0.1, 0.15) is 42.5 Å². The first kappa shape index (κ1) is 19.7. The summed E-state index contributed by atoms with van der Waals surface area (Å²) >= 11 is 1.60. The van der Waals surface area contributed by atoms with Crippen LogP contribution in [0.25, 0.3) is 10.2 Å². The van der Waals surface area contributed by atoms with Crippen LogP contribution in [-0.4, -0.2) is 35.9 Å². The second-order valence-electron chi connectivity index (χ2n) is 7.74.